The molecule has 1 heterocycles. The van der Waals surface area contributed by atoms with Gasteiger partial charge in [0.25, 0.3) is 0 Å². The third-order valence-corrected chi connectivity index (χ3v) is 2.23. The van der Waals surface area contributed by atoms with Gasteiger partial charge in [-0.3, -0.25) is 0 Å². The maximum atomic E-state index is 11.3. The molecule has 0 radical (unpaired) electrons. The van der Waals surface area contributed by atoms with Gasteiger partial charge in [0.05, 0.1) is 11.3 Å². The molecule has 1 aliphatic heterocycles. The van der Waals surface area contributed by atoms with Crippen LogP contribution in [0.1, 0.15) is 18.1 Å². The fourth-order valence-electron chi connectivity index (χ4n) is 1.45. The fourth-order valence-corrected chi connectivity index (χ4v) is 1.45. The van der Waals surface area contributed by atoms with Gasteiger partial charge in [-0.2, -0.15) is 0 Å². The number of carbonyl (C=O) groups excluding carboxylic acids is 1. The number of nitrogens with zero attached hydrogens (tertiary/aromatic N) is 1. The molecule has 1 aromatic carbocycles. The zero-order valence-electron chi connectivity index (χ0n) is 8.65. The molecule has 1 aliphatic rings. The Labute approximate surface area is 88.1 Å². The molecule has 0 saturated heterocycles. The van der Waals surface area contributed by atoms with Crippen LogP contribution in [0.25, 0.3) is 6.08 Å². The van der Waals surface area contributed by atoms with Gasteiger partial charge in [0.1, 0.15) is 0 Å². The average molecular weight is 201 g/mol. The molecule has 0 fully saturated rings. The predicted octanol–water partition coefficient (Wildman–Crippen LogP) is 2.31. The molecule has 0 aliphatic carbocycles. The van der Waals surface area contributed by atoms with Crippen molar-refractivity contribution in [3.8, 4) is 0 Å². The second-order valence-corrected chi connectivity index (χ2v) is 3.53. The van der Waals surface area contributed by atoms with Crippen LogP contribution >= 0.6 is 0 Å². The van der Waals surface area contributed by atoms with Gasteiger partial charge < -0.3 is 4.84 Å². The van der Waals surface area contributed by atoms with Gasteiger partial charge in [-0.15, -0.1) is 0 Å². The lowest BCUT2D eigenvalue weighted by Gasteiger charge is -1.97. The zero-order valence-corrected chi connectivity index (χ0v) is 8.65. The van der Waals surface area contributed by atoms with Crippen LogP contribution in [0, 0.1) is 6.92 Å². The molecule has 0 amide bonds. The first kappa shape index (κ1) is 9.65. The molecule has 2 rings (SSSR count). The first-order valence-electron chi connectivity index (χ1n) is 4.71. The average Bonchev–Trinajstić information content (AvgIpc) is 2.50. The highest BCUT2D eigenvalue weighted by Crippen LogP contribution is 2.15. The lowest BCUT2D eigenvalue weighted by Crippen LogP contribution is -2.01. The highest BCUT2D eigenvalue weighted by Gasteiger charge is 2.21. The van der Waals surface area contributed by atoms with Crippen molar-refractivity contribution in [2.45, 2.75) is 13.8 Å². The maximum Gasteiger partial charge on any atom is 0.367 e. The highest BCUT2D eigenvalue weighted by atomic mass is 16.7. The molecule has 3 nitrogen and oxygen atoms in total. The number of rotatable bonds is 1. The van der Waals surface area contributed by atoms with Gasteiger partial charge in [-0.1, -0.05) is 35.0 Å². The maximum absolute atomic E-state index is 11.3. The van der Waals surface area contributed by atoms with Crippen LogP contribution < -0.4 is 0 Å². The van der Waals surface area contributed by atoms with E-state index in [-0.39, 0.29) is 5.97 Å². The minimum atomic E-state index is -0.381. The third-order valence-electron chi connectivity index (χ3n) is 2.23. The summed E-state index contributed by atoms with van der Waals surface area (Å²) in [4.78, 5) is 15.8. The van der Waals surface area contributed by atoms with Crippen LogP contribution in [-0.4, -0.2) is 11.7 Å². The largest absolute Gasteiger partial charge is 0.367 e. The van der Waals surface area contributed by atoms with E-state index >= 15 is 0 Å². The lowest BCUT2D eigenvalue weighted by molar-refractivity contribution is -0.136. The SMILES string of the molecule is CC1=NOC(=O)C1=Cc1cccc(C)c1. The Morgan fingerprint density at radius 2 is 2.13 bits per heavy atom. The summed E-state index contributed by atoms with van der Waals surface area (Å²) >= 11 is 0. The first-order chi connectivity index (χ1) is 7.16. The molecule has 3 heteroatoms. The van der Waals surface area contributed by atoms with Crippen molar-refractivity contribution in [3.05, 3.63) is 41.0 Å². The molecule has 0 aromatic heterocycles. The van der Waals surface area contributed by atoms with Crippen LogP contribution in [0.5, 0.6) is 0 Å². The van der Waals surface area contributed by atoms with Gasteiger partial charge >= 0.3 is 5.97 Å². The predicted molar refractivity (Wildman–Crippen MR) is 58.4 cm³/mol. The smallest absolute Gasteiger partial charge is 0.312 e. The molecular weight excluding hydrogens is 190 g/mol. The molecule has 0 atom stereocenters. The van der Waals surface area contributed by atoms with Crippen LogP contribution in [0.15, 0.2) is 35.0 Å². The number of oxime groups is 1. The third kappa shape index (κ3) is 1.96. The molecule has 0 saturated carbocycles. The Kier molecular flexibility index (Phi) is 2.37. The molecule has 76 valence electrons. The van der Waals surface area contributed by atoms with E-state index in [1.165, 1.54) is 0 Å². The molecule has 0 N–H and O–H groups in total. The summed E-state index contributed by atoms with van der Waals surface area (Å²) in [7, 11) is 0. The topological polar surface area (TPSA) is 38.7 Å². The van der Waals surface area contributed by atoms with E-state index < -0.39 is 0 Å². The summed E-state index contributed by atoms with van der Waals surface area (Å²) in [6.45, 7) is 3.77. The Morgan fingerprint density at radius 3 is 2.73 bits per heavy atom. The molecule has 0 unspecified atom stereocenters. The fraction of sp³-hybridized carbons (Fsp3) is 0.167. The minimum Gasteiger partial charge on any atom is -0.312 e. The van der Waals surface area contributed by atoms with Crippen LogP contribution in [-0.2, 0) is 9.63 Å². The van der Waals surface area contributed by atoms with Crippen LogP contribution in [0.4, 0.5) is 0 Å². The minimum absolute atomic E-state index is 0.381. The van der Waals surface area contributed by atoms with Crippen molar-refractivity contribution in [1.29, 1.82) is 0 Å². The number of hydrogen-bond donors (Lipinski definition) is 0. The molecule has 15 heavy (non-hydrogen) atoms. The van der Waals surface area contributed by atoms with Crippen LogP contribution in [0.3, 0.4) is 0 Å². The Balaban J connectivity index is 2.38. The van der Waals surface area contributed by atoms with E-state index in [0.29, 0.717) is 11.3 Å². The number of benzene rings is 1. The summed E-state index contributed by atoms with van der Waals surface area (Å²) in [5.41, 5.74) is 3.30. The van der Waals surface area contributed by atoms with E-state index in [4.69, 9.17) is 0 Å². The highest BCUT2D eigenvalue weighted by molar-refractivity contribution is 6.24. The summed E-state index contributed by atoms with van der Waals surface area (Å²) < 4.78 is 0. The monoisotopic (exact) mass is 201 g/mol. The van der Waals surface area contributed by atoms with E-state index in [2.05, 4.69) is 9.99 Å². The van der Waals surface area contributed by atoms with E-state index in [9.17, 15) is 4.79 Å². The standard InChI is InChI=1S/C12H11NO2/c1-8-4-3-5-10(6-8)7-11-9(2)13-15-12(11)14/h3-7H,1-2H3. The summed E-state index contributed by atoms with van der Waals surface area (Å²) in [5.74, 6) is -0.381. The first-order valence-corrected chi connectivity index (χ1v) is 4.71. The van der Waals surface area contributed by atoms with E-state index in [0.717, 1.165) is 11.1 Å². The molecular formula is C12H11NO2. The number of carbonyl (C=O) groups is 1. The number of hydrogen-bond acceptors (Lipinski definition) is 3. The second kappa shape index (κ2) is 3.69. The zero-order chi connectivity index (χ0) is 10.8. The summed E-state index contributed by atoms with van der Waals surface area (Å²) in [5, 5.41) is 3.62. The van der Waals surface area contributed by atoms with E-state index in [1.54, 1.807) is 13.0 Å². The van der Waals surface area contributed by atoms with Gasteiger partial charge in [0.2, 0.25) is 0 Å². The number of aryl methyl sites for hydroxylation is 1. The lowest BCUT2D eigenvalue weighted by atomic mass is 10.1. The Bertz CT molecular complexity index is 472. The second-order valence-electron chi connectivity index (χ2n) is 3.53. The normalized spacial score (nSPS) is 17.9. The Morgan fingerprint density at radius 1 is 1.33 bits per heavy atom. The van der Waals surface area contributed by atoms with Crippen LogP contribution in [0.2, 0.25) is 0 Å². The van der Waals surface area contributed by atoms with Crippen molar-refractivity contribution in [1.82, 2.24) is 0 Å². The van der Waals surface area contributed by atoms with Crippen molar-refractivity contribution in [2.75, 3.05) is 0 Å². The van der Waals surface area contributed by atoms with Gasteiger partial charge in [-0.25, -0.2) is 4.79 Å². The van der Waals surface area contributed by atoms with Gasteiger partial charge in [0.15, 0.2) is 0 Å². The summed E-state index contributed by atoms with van der Waals surface area (Å²) in [6, 6.07) is 7.91. The van der Waals surface area contributed by atoms with Crippen molar-refractivity contribution >= 4 is 17.8 Å². The Hall–Kier alpha value is -1.90. The van der Waals surface area contributed by atoms with Crippen molar-refractivity contribution in [2.24, 2.45) is 5.16 Å². The van der Waals surface area contributed by atoms with Crippen molar-refractivity contribution < 1.29 is 9.63 Å². The van der Waals surface area contributed by atoms with Gasteiger partial charge in [0, 0.05) is 0 Å². The van der Waals surface area contributed by atoms with Crippen molar-refractivity contribution in [3.63, 3.8) is 0 Å². The van der Waals surface area contributed by atoms with E-state index in [1.807, 2.05) is 31.2 Å². The van der Waals surface area contributed by atoms with Gasteiger partial charge in [-0.05, 0) is 25.5 Å². The molecule has 0 bridgehead atoms. The molecule has 1 aromatic rings. The quantitative estimate of drug-likeness (QED) is 0.516. The molecule has 0 spiro atoms. The summed E-state index contributed by atoms with van der Waals surface area (Å²) in [6.07, 6.45) is 1.79.